The van der Waals surface area contributed by atoms with Crippen LogP contribution in [0.2, 0.25) is 18.1 Å². The first-order chi connectivity index (χ1) is 5.24. The van der Waals surface area contributed by atoms with Crippen molar-refractivity contribution >= 4 is 8.07 Å². The number of aliphatic hydroxyl groups is 1. The van der Waals surface area contributed by atoms with Crippen molar-refractivity contribution in [1.29, 1.82) is 0 Å². The van der Waals surface area contributed by atoms with Gasteiger partial charge in [-0.2, -0.15) is 0 Å². The van der Waals surface area contributed by atoms with Crippen molar-refractivity contribution in [2.24, 2.45) is 0 Å². The number of rotatable bonds is 5. The summed E-state index contributed by atoms with van der Waals surface area (Å²) in [6.45, 7) is 7.00. The van der Waals surface area contributed by atoms with E-state index in [2.05, 4.69) is 26.5 Å². The SMILES string of the molecule is CC[Si](/C=C/CO)(CC)CC. The van der Waals surface area contributed by atoms with Gasteiger partial charge < -0.3 is 5.11 Å². The summed E-state index contributed by atoms with van der Waals surface area (Å²) in [7, 11) is -1.08. The third-order valence-electron chi connectivity index (χ3n) is 2.69. The molecular weight excluding hydrogens is 152 g/mol. The molecule has 0 rings (SSSR count). The molecule has 11 heavy (non-hydrogen) atoms. The van der Waals surface area contributed by atoms with Gasteiger partial charge in [-0.15, -0.1) is 0 Å². The molecule has 0 atom stereocenters. The van der Waals surface area contributed by atoms with E-state index in [0.717, 1.165) is 0 Å². The highest BCUT2D eigenvalue weighted by Crippen LogP contribution is 2.21. The predicted octanol–water partition coefficient (Wildman–Crippen LogP) is 2.58. The Morgan fingerprint density at radius 2 is 1.55 bits per heavy atom. The molecule has 0 saturated carbocycles. The van der Waals surface area contributed by atoms with Crippen LogP contribution >= 0.6 is 0 Å². The summed E-state index contributed by atoms with van der Waals surface area (Å²) in [5.41, 5.74) is 2.30. The Labute approximate surface area is 71.1 Å². The van der Waals surface area contributed by atoms with E-state index >= 15 is 0 Å². The minimum atomic E-state index is -1.08. The van der Waals surface area contributed by atoms with Crippen LogP contribution in [0.5, 0.6) is 0 Å². The van der Waals surface area contributed by atoms with Crippen LogP contribution in [-0.4, -0.2) is 19.8 Å². The van der Waals surface area contributed by atoms with Crippen molar-refractivity contribution in [3.8, 4) is 0 Å². The minimum absolute atomic E-state index is 0.203. The predicted molar refractivity (Wildman–Crippen MR) is 53.4 cm³/mol. The summed E-state index contributed by atoms with van der Waals surface area (Å²) in [5, 5.41) is 8.65. The molecule has 2 heteroatoms. The molecule has 1 N–H and O–H groups in total. The fourth-order valence-electron chi connectivity index (χ4n) is 1.41. The molecule has 0 aromatic rings. The second-order valence-electron chi connectivity index (χ2n) is 3.01. The minimum Gasteiger partial charge on any atom is -0.392 e. The first-order valence-corrected chi connectivity index (χ1v) is 7.23. The zero-order chi connectivity index (χ0) is 8.74. The molecule has 0 aliphatic heterocycles. The quantitative estimate of drug-likeness (QED) is 0.632. The van der Waals surface area contributed by atoms with E-state index in [4.69, 9.17) is 5.11 Å². The summed E-state index contributed by atoms with van der Waals surface area (Å²) in [5.74, 6) is 0. The lowest BCUT2D eigenvalue weighted by Gasteiger charge is -2.23. The van der Waals surface area contributed by atoms with Gasteiger partial charge in [0.15, 0.2) is 0 Å². The van der Waals surface area contributed by atoms with Crippen LogP contribution in [0.15, 0.2) is 11.8 Å². The zero-order valence-corrected chi connectivity index (χ0v) is 8.93. The maximum atomic E-state index is 8.65. The molecule has 0 unspecified atom stereocenters. The summed E-state index contributed by atoms with van der Waals surface area (Å²) in [6.07, 6.45) is 1.92. The second kappa shape index (κ2) is 5.55. The van der Waals surface area contributed by atoms with Crippen molar-refractivity contribution < 1.29 is 5.11 Å². The van der Waals surface area contributed by atoms with Gasteiger partial charge >= 0.3 is 0 Å². The molecule has 0 aliphatic rings. The molecule has 0 aromatic heterocycles. The molecule has 66 valence electrons. The van der Waals surface area contributed by atoms with Gasteiger partial charge in [-0.3, -0.25) is 0 Å². The van der Waals surface area contributed by atoms with Crippen LogP contribution in [0.25, 0.3) is 0 Å². The molecule has 1 nitrogen and oxygen atoms in total. The lowest BCUT2D eigenvalue weighted by molar-refractivity contribution is 0.343. The normalized spacial score (nSPS) is 12.7. The molecule has 0 spiro atoms. The molecule has 0 aliphatic carbocycles. The van der Waals surface area contributed by atoms with Gasteiger partial charge in [-0.25, -0.2) is 0 Å². The van der Waals surface area contributed by atoms with Crippen LogP contribution < -0.4 is 0 Å². The Hall–Kier alpha value is -0.0831. The zero-order valence-electron chi connectivity index (χ0n) is 7.93. The molecule has 0 bridgehead atoms. The molecule has 0 aromatic carbocycles. The molecule has 0 amide bonds. The first-order valence-electron chi connectivity index (χ1n) is 4.53. The fourth-order valence-corrected chi connectivity index (χ4v) is 4.22. The van der Waals surface area contributed by atoms with Crippen molar-refractivity contribution in [2.75, 3.05) is 6.61 Å². The van der Waals surface area contributed by atoms with E-state index < -0.39 is 8.07 Å². The standard InChI is InChI=1S/C9H20OSi/c1-4-11(5-2,6-3)9-7-8-10/h7,9-10H,4-6,8H2,1-3H3/b9-7+. The maximum Gasteiger partial charge on any atom is 0.0767 e. The average molecular weight is 172 g/mol. The summed E-state index contributed by atoms with van der Waals surface area (Å²) < 4.78 is 0. The smallest absolute Gasteiger partial charge is 0.0767 e. The van der Waals surface area contributed by atoms with Crippen molar-refractivity contribution in [2.45, 2.75) is 38.9 Å². The van der Waals surface area contributed by atoms with Crippen molar-refractivity contribution in [1.82, 2.24) is 0 Å². The van der Waals surface area contributed by atoms with Gasteiger partial charge in [0.05, 0.1) is 14.7 Å². The van der Waals surface area contributed by atoms with E-state index in [1.807, 2.05) is 6.08 Å². The van der Waals surface area contributed by atoms with Gasteiger partial charge in [-0.1, -0.05) is 50.7 Å². The summed E-state index contributed by atoms with van der Waals surface area (Å²) >= 11 is 0. The van der Waals surface area contributed by atoms with Gasteiger partial charge in [0.2, 0.25) is 0 Å². The van der Waals surface area contributed by atoms with Crippen molar-refractivity contribution in [3.05, 3.63) is 11.8 Å². The lowest BCUT2D eigenvalue weighted by atomic mass is 10.7. The van der Waals surface area contributed by atoms with Gasteiger partial charge in [0.1, 0.15) is 0 Å². The first kappa shape index (κ1) is 10.9. The van der Waals surface area contributed by atoms with Crippen LogP contribution in [0.1, 0.15) is 20.8 Å². The third kappa shape index (κ3) is 3.21. The topological polar surface area (TPSA) is 20.2 Å². The fraction of sp³-hybridized carbons (Fsp3) is 0.778. The summed E-state index contributed by atoms with van der Waals surface area (Å²) in [6, 6.07) is 3.91. The van der Waals surface area contributed by atoms with Crippen LogP contribution in [0, 0.1) is 0 Å². The van der Waals surface area contributed by atoms with E-state index in [1.165, 1.54) is 18.1 Å². The van der Waals surface area contributed by atoms with Crippen LogP contribution in [-0.2, 0) is 0 Å². The van der Waals surface area contributed by atoms with E-state index in [-0.39, 0.29) is 6.61 Å². The third-order valence-corrected chi connectivity index (χ3v) is 7.86. The van der Waals surface area contributed by atoms with Crippen LogP contribution in [0.3, 0.4) is 0 Å². The Bertz CT molecular complexity index is 108. The van der Waals surface area contributed by atoms with Crippen molar-refractivity contribution in [3.63, 3.8) is 0 Å². The Morgan fingerprint density at radius 1 is 1.09 bits per heavy atom. The second-order valence-corrected chi connectivity index (χ2v) is 8.19. The van der Waals surface area contributed by atoms with Gasteiger partial charge in [-0.05, 0) is 0 Å². The Kier molecular flexibility index (Phi) is 5.51. The molecular formula is C9H20OSi. The number of hydrogen-bond donors (Lipinski definition) is 1. The van der Waals surface area contributed by atoms with E-state index in [1.54, 1.807) is 0 Å². The highest BCUT2D eigenvalue weighted by Gasteiger charge is 2.22. The molecule has 0 saturated heterocycles. The number of aliphatic hydroxyl groups excluding tert-OH is 1. The highest BCUT2D eigenvalue weighted by atomic mass is 28.3. The largest absolute Gasteiger partial charge is 0.392 e. The monoisotopic (exact) mass is 172 g/mol. The number of hydrogen-bond acceptors (Lipinski definition) is 1. The molecule has 0 fully saturated rings. The highest BCUT2D eigenvalue weighted by molar-refractivity contribution is 6.84. The average Bonchev–Trinajstić information content (AvgIpc) is 2.08. The van der Waals surface area contributed by atoms with E-state index in [0.29, 0.717) is 0 Å². The van der Waals surface area contributed by atoms with Gasteiger partial charge in [0, 0.05) is 0 Å². The van der Waals surface area contributed by atoms with Crippen LogP contribution in [0.4, 0.5) is 0 Å². The Morgan fingerprint density at radius 3 is 1.82 bits per heavy atom. The van der Waals surface area contributed by atoms with E-state index in [9.17, 15) is 0 Å². The maximum absolute atomic E-state index is 8.65. The van der Waals surface area contributed by atoms with Gasteiger partial charge in [0.25, 0.3) is 0 Å². The lowest BCUT2D eigenvalue weighted by Crippen LogP contribution is -2.28. The summed E-state index contributed by atoms with van der Waals surface area (Å²) in [4.78, 5) is 0. The molecule has 0 radical (unpaired) electrons. The molecule has 0 heterocycles. The Balaban J connectivity index is 4.16.